The fourth-order valence-electron chi connectivity index (χ4n) is 3.32. The first-order valence-electron chi connectivity index (χ1n) is 10.7. The van der Waals surface area contributed by atoms with Crippen LogP contribution in [0.1, 0.15) is 98.3 Å². The van der Waals surface area contributed by atoms with E-state index in [4.69, 9.17) is 0 Å². The van der Waals surface area contributed by atoms with Gasteiger partial charge in [0.25, 0.3) is 0 Å². The van der Waals surface area contributed by atoms with Crippen LogP contribution in [0, 0.1) is 0 Å². The Morgan fingerprint density at radius 1 is 0.391 bits per heavy atom. The van der Waals surface area contributed by atoms with Crippen molar-refractivity contribution < 1.29 is 0 Å². The fourth-order valence-corrected chi connectivity index (χ4v) is 3.32. The minimum Gasteiger partial charge on any atom is -0.302 e. The van der Waals surface area contributed by atoms with Gasteiger partial charge < -0.3 is 9.80 Å². The van der Waals surface area contributed by atoms with Crippen molar-refractivity contribution >= 4 is 0 Å². The summed E-state index contributed by atoms with van der Waals surface area (Å²) in [5.41, 5.74) is 0. The molecule has 0 fully saturated rings. The Hall–Kier alpha value is -0.0800. The van der Waals surface area contributed by atoms with Crippen molar-refractivity contribution in [3.8, 4) is 0 Å². The third kappa shape index (κ3) is 15.2. The molecule has 0 atom stereocenters. The van der Waals surface area contributed by atoms with E-state index in [1.165, 1.54) is 110 Å². The summed E-state index contributed by atoms with van der Waals surface area (Å²) in [6.45, 7) is 16.8. The van der Waals surface area contributed by atoms with Crippen LogP contribution in [0.3, 0.4) is 0 Å². The lowest BCUT2D eigenvalue weighted by Crippen LogP contribution is -2.36. The van der Waals surface area contributed by atoms with Crippen LogP contribution in [0.2, 0.25) is 0 Å². The molecule has 0 unspecified atom stereocenters. The van der Waals surface area contributed by atoms with E-state index >= 15 is 0 Å². The van der Waals surface area contributed by atoms with Crippen molar-refractivity contribution in [1.82, 2.24) is 9.80 Å². The highest BCUT2D eigenvalue weighted by Gasteiger charge is 2.06. The van der Waals surface area contributed by atoms with Crippen LogP contribution >= 0.6 is 0 Å². The highest BCUT2D eigenvalue weighted by Crippen LogP contribution is 2.10. The van der Waals surface area contributed by atoms with Gasteiger partial charge in [-0.05, 0) is 45.4 Å². The Morgan fingerprint density at radius 2 is 0.870 bits per heavy atom. The number of rotatable bonds is 18. The minimum absolute atomic E-state index is 1.20. The summed E-state index contributed by atoms with van der Waals surface area (Å²) < 4.78 is 0. The summed E-state index contributed by atoms with van der Waals surface area (Å²) in [6.07, 6.45) is 15.5. The maximum absolute atomic E-state index is 2.69. The molecular weight excluding hydrogens is 280 g/mol. The van der Waals surface area contributed by atoms with Gasteiger partial charge in [0.1, 0.15) is 0 Å². The van der Waals surface area contributed by atoms with Crippen molar-refractivity contribution in [2.75, 3.05) is 39.3 Å². The largest absolute Gasteiger partial charge is 0.302 e. The molecule has 0 N–H and O–H groups in total. The highest BCUT2D eigenvalue weighted by molar-refractivity contribution is 4.62. The molecule has 0 aromatic rings. The number of likely N-dealkylation sites (N-methyl/N-ethyl adjacent to an activating group) is 1. The van der Waals surface area contributed by atoms with Gasteiger partial charge in [0.15, 0.2) is 0 Å². The molecule has 0 aromatic carbocycles. The molecule has 0 aliphatic carbocycles. The molecule has 0 amide bonds. The lowest BCUT2D eigenvalue weighted by molar-refractivity contribution is 0.206. The lowest BCUT2D eigenvalue weighted by Gasteiger charge is -2.26. The molecular formula is C21H46N2. The highest BCUT2D eigenvalue weighted by atomic mass is 15.2. The predicted molar refractivity (Wildman–Crippen MR) is 106 cm³/mol. The van der Waals surface area contributed by atoms with Crippen LogP contribution in [-0.4, -0.2) is 49.1 Å². The molecule has 0 aromatic heterocycles. The number of nitrogens with zero attached hydrogens (tertiary/aromatic N) is 2. The van der Waals surface area contributed by atoms with Crippen LogP contribution in [0.25, 0.3) is 0 Å². The molecule has 23 heavy (non-hydrogen) atoms. The average Bonchev–Trinajstić information content (AvgIpc) is 2.56. The van der Waals surface area contributed by atoms with E-state index in [1.54, 1.807) is 0 Å². The first kappa shape index (κ1) is 22.9. The quantitative estimate of drug-likeness (QED) is 0.287. The molecule has 0 saturated carbocycles. The van der Waals surface area contributed by atoms with E-state index < -0.39 is 0 Å². The van der Waals surface area contributed by atoms with Crippen LogP contribution in [-0.2, 0) is 0 Å². The fraction of sp³-hybridized carbons (Fsp3) is 1.00. The van der Waals surface area contributed by atoms with E-state index in [2.05, 4.69) is 37.5 Å². The summed E-state index contributed by atoms with van der Waals surface area (Å²) in [5.74, 6) is 0. The van der Waals surface area contributed by atoms with E-state index in [0.29, 0.717) is 0 Å². The Kier molecular flexibility index (Phi) is 18.2. The van der Waals surface area contributed by atoms with Gasteiger partial charge in [-0.25, -0.2) is 0 Å². The van der Waals surface area contributed by atoms with Crippen molar-refractivity contribution in [3.05, 3.63) is 0 Å². The van der Waals surface area contributed by atoms with Gasteiger partial charge in [0.05, 0.1) is 0 Å². The van der Waals surface area contributed by atoms with Crippen LogP contribution in [0.4, 0.5) is 0 Å². The molecule has 140 valence electrons. The summed E-state index contributed by atoms with van der Waals surface area (Å²) in [6, 6.07) is 0. The number of unbranched alkanes of at least 4 members (excludes halogenated alkanes) is 8. The molecule has 0 heterocycles. The molecule has 2 nitrogen and oxygen atoms in total. The zero-order valence-corrected chi connectivity index (χ0v) is 16.9. The van der Waals surface area contributed by atoms with Gasteiger partial charge in [0, 0.05) is 13.1 Å². The molecule has 0 radical (unpaired) electrons. The summed E-state index contributed by atoms with van der Waals surface area (Å²) in [7, 11) is 0. The monoisotopic (exact) mass is 326 g/mol. The Labute approximate surface area is 148 Å². The maximum Gasteiger partial charge on any atom is 0.0109 e. The molecule has 0 aliphatic rings. The van der Waals surface area contributed by atoms with Crippen molar-refractivity contribution in [3.63, 3.8) is 0 Å². The normalized spacial score (nSPS) is 11.7. The van der Waals surface area contributed by atoms with Crippen molar-refractivity contribution in [1.29, 1.82) is 0 Å². The first-order valence-corrected chi connectivity index (χ1v) is 10.7. The average molecular weight is 327 g/mol. The second kappa shape index (κ2) is 18.3. The zero-order chi connectivity index (χ0) is 17.2. The minimum atomic E-state index is 1.20. The topological polar surface area (TPSA) is 6.48 Å². The molecule has 0 spiro atoms. The Balaban J connectivity index is 3.63. The second-order valence-electron chi connectivity index (χ2n) is 7.10. The van der Waals surface area contributed by atoms with E-state index in [1.807, 2.05) is 0 Å². The van der Waals surface area contributed by atoms with E-state index in [0.717, 1.165) is 0 Å². The predicted octanol–water partition coefficient (Wildman–Crippen LogP) is 5.96. The summed E-state index contributed by atoms with van der Waals surface area (Å²) in [5, 5.41) is 0. The third-order valence-corrected chi connectivity index (χ3v) is 4.84. The second-order valence-corrected chi connectivity index (χ2v) is 7.10. The molecule has 0 bridgehead atoms. The van der Waals surface area contributed by atoms with Gasteiger partial charge in [0.2, 0.25) is 0 Å². The first-order chi connectivity index (χ1) is 11.3. The van der Waals surface area contributed by atoms with Crippen LogP contribution in [0.15, 0.2) is 0 Å². The van der Waals surface area contributed by atoms with Gasteiger partial charge in [-0.15, -0.1) is 0 Å². The number of hydrogen-bond acceptors (Lipinski definition) is 2. The Bertz CT molecular complexity index is 218. The third-order valence-electron chi connectivity index (χ3n) is 4.84. The summed E-state index contributed by atoms with van der Waals surface area (Å²) >= 11 is 0. The maximum atomic E-state index is 2.69. The molecule has 0 aliphatic heterocycles. The van der Waals surface area contributed by atoms with E-state index in [-0.39, 0.29) is 0 Å². The van der Waals surface area contributed by atoms with Crippen molar-refractivity contribution in [2.45, 2.75) is 98.3 Å². The van der Waals surface area contributed by atoms with Crippen LogP contribution < -0.4 is 0 Å². The van der Waals surface area contributed by atoms with Gasteiger partial charge in [-0.3, -0.25) is 0 Å². The Morgan fingerprint density at radius 3 is 1.39 bits per heavy atom. The zero-order valence-electron chi connectivity index (χ0n) is 16.9. The number of hydrogen-bond donors (Lipinski definition) is 0. The molecule has 0 rings (SSSR count). The van der Waals surface area contributed by atoms with Crippen LogP contribution in [0.5, 0.6) is 0 Å². The standard InChI is InChI=1S/C21H46N2/c1-5-9-10-11-12-13-14-15-16-19-23(18-7-3)21-20-22(8-4)17-6-2/h5-21H2,1-4H3. The SMILES string of the molecule is CCCCCCCCCCCN(CCC)CCN(CC)CCC. The van der Waals surface area contributed by atoms with Gasteiger partial charge >= 0.3 is 0 Å². The van der Waals surface area contributed by atoms with Gasteiger partial charge in [-0.1, -0.05) is 79.1 Å². The smallest absolute Gasteiger partial charge is 0.0109 e. The lowest BCUT2D eigenvalue weighted by atomic mass is 10.1. The van der Waals surface area contributed by atoms with Gasteiger partial charge in [-0.2, -0.15) is 0 Å². The van der Waals surface area contributed by atoms with E-state index in [9.17, 15) is 0 Å². The molecule has 2 heteroatoms. The summed E-state index contributed by atoms with van der Waals surface area (Å²) in [4.78, 5) is 5.29. The molecule has 0 saturated heterocycles. The van der Waals surface area contributed by atoms with Crippen molar-refractivity contribution in [2.24, 2.45) is 0 Å².